The quantitative estimate of drug-likeness (QED) is 0.247. The molecular formula is C27H21Cl2N3O. The summed E-state index contributed by atoms with van der Waals surface area (Å²) in [5, 5.41) is 14.7. The Morgan fingerprint density at radius 2 is 1.79 bits per heavy atom. The van der Waals surface area contributed by atoms with E-state index in [0.717, 1.165) is 33.3 Å². The molecule has 0 aliphatic carbocycles. The topological polar surface area (TPSA) is 57.8 Å². The smallest absolute Gasteiger partial charge is 0.266 e. The predicted octanol–water partition coefficient (Wildman–Crippen LogP) is 7.16. The molecule has 0 radical (unpaired) electrons. The number of carbonyl (C=O) groups is 1. The van der Waals surface area contributed by atoms with Crippen LogP contribution in [0.2, 0.25) is 10.0 Å². The van der Waals surface area contributed by atoms with E-state index in [-0.39, 0.29) is 5.57 Å². The number of hydrogen-bond acceptors (Lipinski definition) is 2. The van der Waals surface area contributed by atoms with Crippen LogP contribution in [0.25, 0.3) is 17.0 Å². The molecule has 0 bridgehead atoms. The summed E-state index contributed by atoms with van der Waals surface area (Å²) in [5.74, 6) is -0.481. The maximum Gasteiger partial charge on any atom is 0.266 e. The molecule has 4 nitrogen and oxygen atoms in total. The Bertz CT molecular complexity index is 1440. The standard InChI is InChI=1S/C27H21Cl2N3O/c1-17-11-12-21(28)14-25(17)31-27(33)20(15-30)13-23-18(2)32(26-10-6-4-8-22(23)26)16-19-7-3-5-9-24(19)29/h3-14H,16H2,1-2H3,(H,31,33). The number of hydrogen-bond donors (Lipinski definition) is 1. The highest BCUT2D eigenvalue weighted by Crippen LogP contribution is 2.30. The summed E-state index contributed by atoms with van der Waals surface area (Å²) in [6.07, 6.45) is 1.65. The zero-order valence-corrected chi connectivity index (χ0v) is 19.7. The first-order chi connectivity index (χ1) is 15.9. The maximum absolute atomic E-state index is 12.9. The van der Waals surface area contributed by atoms with Crippen LogP contribution in [0.4, 0.5) is 5.69 Å². The zero-order valence-electron chi connectivity index (χ0n) is 18.2. The fraction of sp³-hybridized carbons (Fsp3) is 0.111. The van der Waals surface area contributed by atoms with Crippen LogP contribution in [0.15, 0.2) is 72.3 Å². The van der Waals surface area contributed by atoms with Gasteiger partial charge in [0.1, 0.15) is 11.6 Å². The van der Waals surface area contributed by atoms with E-state index in [1.165, 1.54) is 0 Å². The number of benzene rings is 3. The number of nitrogens with one attached hydrogen (secondary N) is 1. The van der Waals surface area contributed by atoms with Crippen molar-refractivity contribution in [3.63, 3.8) is 0 Å². The van der Waals surface area contributed by atoms with E-state index in [1.807, 2.05) is 68.4 Å². The molecule has 0 aliphatic rings. The van der Waals surface area contributed by atoms with Gasteiger partial charge in [-0.15, -0.1) is 0 Å². The zero-order chi connectivity index (χ0) is 23.5. The molecule has 4 aromatic rings. The first-order valence-corrected chi connectivity index (χ1v) is 11.1. The second kappa shape index (κ2) is 9.54. The summed E-state index contributed by atoms with van der Waals surface area (Å²) in [6.45, 7) is 4.43. The highest BCUT2D eigenvalue weighted by molar-refractivity contribution is 6.31. The molecule has 0 fully saturated rings. The minimum absolute atomic E-state index is 0.0122. The van der Waals surface area contributed by atoms with Gasteiger partial charge >= 0.3 is 0 Å². The van der Waals surface area contributed by atoms with Gasteiger partial charge in [0.05, 0.1) is 0 Å². The van der Waals surface area contributed by atoms with Crippen LogP contribution in [0.1, 0.15) is 22.4 Å². The molecule has 1 heterocycles. The van der Waals surface area contributed by atoms with Crippen molar-refractivity contribution in [2.45, 2.75) is 20.4 Å². The molecule has 1 N–H and O–H groups in total. The molecule has 0 saturated carbocycles. The Kier molecular flexibility index (Phi) is 6.55. The largest absolute Gasteiger partial charge is 0.340 e. The molecule has 0 spiro atoms. The summed E-state index contributed by atoms with van der Waals surface area (Å²) >= 11 is 12.5. The van der Waals surface area contributed by atoms with E-state index in [2.05, 4.69) is 16.0 Å². The third-order valence-electron chi connectivity index (χ3n) is 5.67. The van der Waals surface area contributed by atoms with Crippen molar-refractivity contribution in [1.82, 2.24) is 4.57 Å². The fourth-order valence-electron chi connectivity index (χ4n) is 3.85. The van der Waals surface area contributed by atoms with E-state index >= 15 is 0 Å². The number of rotatable bonds is 5. The lowest BCUT2D eigenvalue weighted by Crippen LogP contribution is -2.14. The summed E-state index contributed by atoms with van der Waals surface area (Å²) in [7, 11) is 0. The van der Waals surface area contributed by atoms with Gasteiger partial charge in [0, 0.05) is 44.4 Å². The molecule has 0 saturated heterocycles. The Labute approximate surface area is 202 Å². The first-order valence-electron chi connectivity index (χ1n) is 10.4. The molecule has 4 rings (SSSR count). The van der Waals surface area contributed by atoms with Crippen LogP contribution < -0.4 is 5.32 Å². The third-order valence-corrected chi connectivity index (χ3v) is 6.27. The number of carbonyl (C=O) groups excluding carboxylic acids is 1. The van der Waals surface area contributed by atoms with Gasteiger partial charge < -0.3 is 9.88 Å². The van der Waals surface area contributed by atoms with Crippen molar-refractivity contribution >= 4 is 51.8 Å². The van der Waals surface area contributed by atoms with Gasteiger partial charge in [-0.25, -0.2) is 0 Å². The van der Waals surface area contributed by atoms with Crippen molar-refractivity contribution < 1.29 is 4.79 Å². The normalized spacial score (nSPS) is 11.4. The van der Waals surface area contributed by atoms with E-state index < -0.39 is 5.91 Å². The highest BCUT2D eigenvalue weighted by Gasteiger charge is 2.17. The van der Waals surface area contributed by atoms with Crippen LogP contribution in [-0.4, -0.2) is 10.5 Å². The number of amides is 1. The van der Waals surface area contributed by atoms with E-state index in [1.54, 1.807) is 18.2 Å². The number of nitriles is 1. The SMILES string of the molecule is Cc1ccc(Cl)cc1NC(=O)C(C#N)=Cc1c(C)n(Cc2ccccc2Cl)c2ccccc12. The number of aryl methyl sites for hydroxylation is 1. The van der Waals surface area contributed by atoms with Crippen molar-refractivity contribution in [1.29, 1.82) is 5.26 Å². The first kappa shape index (κ1) is 22.7. The second-order valence-electron chi connectivity index (χ2n) is 7.78. The third kappa shape index (κ3) is 4.66. The van der Waals surface area contributed by atoms with Crippen molar-refractivity contribution in [3.05, 3.63) is 105 Å². The molecule has 6 heteroatoms. The van der Waals surface area contributed by atoms with Gasteiger partial charge in [-0.2, -0.15) is 5.26 Å². The summed E-state index contributed by atoms with van der Waals surface area (Å²) in [4.78, 5) is 12.9. The van der Waals surface area contributed by atoms with Gasteiger partial charge in [-0.3, -0.25) is 4.79 Å². The lowest BCUT2D eigenvalue weighted by molar-refractivity contribution is -0.112. The molecule has 1 amide bonds. The number of para-hydroxylation sites is 1. The number of anilines is 1. The lowest BCUT2D eigenvalue weighted by Gasteiger charge is -2.10. The van der Waals surface area contributed by atoms with Crippen LogP contribution in [0, 0.1) is 25.2 Å². The molecule has 0 atom stereocenters. The van der Waals surface area contributed by atoms with E-state index in [4.69, 9.17) is 23.2 Å². The number of fused-ring (bicyclic) bond motifs is 1. The molecule has 3 aromatic carbocycles. The summed E-state index contributed by atoms with van der Waals surface area (Å²) in [5.41, 5.74) is 5.21. The number of aromatic nitrogens is 1. The molecule has 0 unspecified atom stereocenters. The highest BCUT2D eigenvalue weighted by atomic mass is 35.5. The lowest BCUT2D eigenvalue weighted by atomic mass is 10.1. The Morgan fingerprint density at radius 3 is 2.55 bits per heavy atom. The predicted molar refractivity (Wildman–Crippen MR) is 136 cm³/mol. The number of nitrogens with zero attached hydrogens (tertiary/aromatic N) is 2. The Balaban J connectivity index is 1.76. The average Bonchev–Trinajstić information content (AvgIpc) is 3.06. The summed E-state index contributed by atoms with van der Waals surface area (Å²) < 4.78 is 2.15. The minimum Gasteiger partial charge on any atom is -0.340 e. The van der Waals surface area contributed by atoms with Gasteiger partial charge in [-0.05, 0) is 55.3 Å². The molecule has 0 aliphatic heterocycles. The average molecular weight is 474 g/mol. The van der Waals surface area contributed by atoms with Gasteiger partial charge in [0.15, 0.2) is 0 Å². The molecule has 164 valence electrons. The number of halogens is 2. The van der Waals surface area contributed by atoms with Gasteiger partial charge in [-0.1, -0.05) is 65.7 Å². The van der Waals surface area contributed by atoms with Crippen LogP contribution in [-0.2, 0) is 11.3 Å². The summed E-state index contributed by atoms with van der Waals surface area (Å²) in [6, 6.07) is 23.0. The Hall–Kier alpha value is -3.52. The second-order valence-corrected chi connectivity index (χ2v) is 8.62. The minimum atomic E-state index is -0.481. The van der Waals surface area contributed by atoms with Crippen LogP contribution in [0.5, 0.6) is 0 Å². The monoisotopic (exact) mass is 473 g/mol. The fourth-order valence-corrected chi connectivity index (χ4v) is 4.22. The Morgan fingerprint density at radius 1 is 1.06 bits per heavy atom. The molecule has 1 aromatic heterocycles. The van der Waals surface area contributed by atoms with Crippen LogP contribution >= 0.6 is 23.2 Å². The van der Waals surface area contributed by atoms with Crippen LogP contribution in [0.3, 0.4) is 0 Å². The molecule has 33 heavy (non-hydrogen) atoms. The van der Waals surface area contributed by atoms with Gasteiger partial charge in [0.25, 0.3) is 5.91 Å². The maximum atomic E-state index is 12.9. The van der Waals surface area contributed by atoms with E-state index in [0.29, 0.717) is 22.3 Å². The van der Waals surface area contributed by atoms with Crippen molar-refractivity contribution in [3.8, 4) is 6.07 Å². The van der Waals surface area contributed by atoms with E-state index in [9.17, 15) is 10.1 Å². The van der Waals surface area contributed by atoms with Crippen molar-refractivity contribution in [2.75, 3.05) is 5.32 Å². The molecular weight excluding hydrogens is 453 g/mol. The van der Waals surface area contributed by atoms with Gasteiger partial charge in [0.2, 0.25) is 0 Å². The van der Waals surface area contributed by atoms with Crippen molar-refractivity contribution in [2.24, 2.45) is 0 Å².